The van der Waals surface area contributed by atoms with Crippen LogP contribution in [0.15, 0.2) is 0 Å². The predicted octanol–water partition coefficient (Wildman–Crippen LogP) is 2.09. The smallest absolute Gasteiger partial charge is 0.00928 e. The second-order valence-electron chi connectivity index (χ2n) is 5.70. The van der Waals surface area contributed by atoms with Crippen molar-refractivity contribution < 1.29 is 0 Å². The van der Waals surface area contributed by atoms with E-state index in [9.17, 15) is 0 Å². The summed E-state index contributed by atoms with van der Waals surface area (Å²) >= 11 is 0. The van der Waals surface area contributed by atoms with E-state index in [2.05, 4.69) is 32.6 Å². The van der Waals surface area contributed by atoms with E-state index < -0.39 is 0 Å². The molecule has 1 aliphatic rings. The summed E-state index contributed by atoms with van der Waals surface area (Å²) in [6.07, 6.45) is 2.74. The molecule has 1 heterocycles. The van der Waals surface area contributed by atoms with E-state index in [0.29, 0.717) is 0 Å². The Hall–Kier alpha value is -0.0800. The van der Waals surface area contributed by atoms with Crippen LogP contribution >= 0.6 is 0 Å². The lowest BCUT2D eigenvalue weighted by atomic mass is 9.87. The molecule has 2 heteroatoms. The van der Waals surface area contributed by atoms with Gasteiger partial charge in [-0.1, -0.05) is 20.8 Å². The first-order valence-electron chi connectivity index (χ1n) is 5.90. The normalized spacial score (nSPS) is 30.6. The lowest BCUT2D eigenvalue weighted by Gasteiger charge is -2.41. The van der Waals surface area contributed by atoms with E-state index in [4.69, 9.17) is 5.73 Å². The van der Waals surface area contributed by atoms with Gasteiger partial charge in [-0.15, -0.1) is 0 Å². The molecule has 0 spiro atoms. The molecule has 84 valence electrons. The van der Waals surface area contributed by atoms with E-state index in [1.807, 2.05) is 0 Å². The summed E-state index contributed by atoms with van der Waals surface area (Å²) in [5.74, 6) is 0.845. The fraction of sp³-hybridized carbons (Fsp3) is 1.00. The molecule has 0 aromatic rings. The zero-order valence-corrected chi connectivity index (χ0v) is 10.2. The van der Waals surface area contributed by atoms with Gasteiger partial charge in [0.15, 0.2) is 0 Å². The first-order chi connectivity index (χ1) is 6.46. The molecule has 1 fully saturated rings. The van der Waals surface area contributed by atoms with Crippen LogP contribution in [0.2, 0.25) is 0 Å². The van der Waals surface area contributed by atoms with Crippen LogP contribution in [0.3, 0.4) is 0 Å². The van der Waals surface area contributed by atoms with Crippen LogP contribution in [0.1, 0.15) is 40.5 Å². The van der Waals surface area contributed by atoms with Crippen LogP contribution in [-0.4, -0.2) is 30.6 Å². The number of likely N-dealkylation sites (tertiary alicyclic amines) is 1. The fourth-order valence-electron chi connectivity index (χ4n) is 2.26. The average molecular weight is 198 g/mol. The molecule has 2 nitrogen and oxygen atoms in total. The molecular formula is C12H26N2. The molecule has 0 bridgehead atoms. The standard InChI is InChI=1S/C12H26N2/c1-10-6-5-7-14(11(10)2)9-12(3,4)8-13/h10-11H,5-9,13H2,1-4H3. The minimum atomic E-state index is 0.269. The van der Waals surface area contributed by atoms with Gasteiger partial charge in [0.1, 0.15) is 0 Å². The van der Waals surface area contributed by atoms with Crippen LogP contribution in [0.4, 0.5) is 0 Å². The van der Waals surface area contributed by atoms with Crippen molar-refractivity contribution in [2.75, 3.05) is 19.6 Å². The van der Waals surface area contributed by atoms with Gasteiger partial charge >= 0.3 is 0 Å². The molecule has 0 aromatic heterocycles. The highest BCUT2D eigenvalue weighted by atomic mass is 15.2. The monoisotopic (exact) mass is 198 g/mol. The molecule has 1 rings (SSSR count). The van der Waals surface area contributed by atoms with Gasteiger partial charge < -0.3 is 5.73 Å². The van der Waals surface area contributed by atoms with E-state index >= 15 is 0 Å². The van der Waals surface area contributed by atoms with Gasteiger partial charge in [0, 0.05) is 12.6 Å². The largest absolute Gasteiger partial charge is 0.330 e. The van der Waals surface area contributed by atoms with Crippen molar-refractivity contribution >= 4 is 0 Å². The summed E-state index contributed by atoms with van der Waals surface area (Å²) in [6.45, 7) is 12.4. The summed E-state index contributed by atoms with van der Waals surface area (Å²) in [7, 11) is 0. The molecule has 1 saturated heterocycles. The fourth-order valence-corrected chi connectivity index (χ4v) is 2.26. The third kappa shape index (κ3) is 2.96. The summed E-state index contributed by atoms with van der Waals surface area (Å²) in [5, 5.41) is 0. The zero-order valence-electron chi connectivity index (χ0n) is 10.2. The first-order valence-corrected chi connectivity index (χ1v) is 5.90. The number of hydrogen-bond donors (Lipinski definition) is 1. The Morgan fingerprint density at radius 2 is 2.00 bits per heavy atom. The molecule has 0 saturated carbocycles. The highest BCUT2D eigenvalue weighted by Crippen LogP contribution is 2.26. The van der Waals surface area contributed by atoms with Crippen LogP contribution in [0.25, 0.3) is 0 Å². The van der Waals surface area contributed by atoms with E-state index in [1.54, 1.807) is 0 Å². The van der Waals surface area contributed by atoms with Gasteiger partial charge in [-0.25, -0.2) is 0 Å². The second-order valence-corrected chi connectivity index (χ2v) is 5.70. The van der Waals surface area contributed by atoms with E-state index in [-0.39, 0.29) is 5.41 Å². The lowest BCUT2D eigenvalue weighted by molar-refractivity contribution is 0.0749. The lowest BCUT2D eigenvalue weighted by Crippen LogP contribution is -2.48. The molecular weight excluding hydrogens is 172 g/mol. The second kappa shape index (κ2) is 4.63. The van der Waals surface area contributed by atoms with E-state index in [0.717, 1.165) is 25.0 Å². The molecule has 0 aliphatic carbocycles. The molecule has 0 aromatic carbocycles. The zero-order chi connectivity index (χ0) is 10.8. The predicted molar refractivity (Wildman–Crippen MR) is 62.3 cm³/mol. The maximum atomic E-state index is 5.78. The maximum absolute atomic E-state index is 5.78. The highest BCUT2D eigenvalue weighted by Gasteiger charge is 2.28. The van der Waals surface area contributed by atoms with Gasteiger partial charge in [-0.2, -0.15) is 0 Å². The van der Waals surface area contributed by atoms with Gasteiger partial charge in [0.2, 0.25) is 0 Å². The Morgan fingerprint density at radius 3 is 2.57 bits per heavy atom. The summed E-state index contributed by atoms with van der Waals surface area (Å²) in [4.78, 5) is 2.61. The summed E-state index contributed by atoms with van der Waals surface area (Å²) < 4.78 is 0. The average Bonchev–Trinajstić information content (AvgIpc) is 2.13. The number of hydrogen-bond acceptors (Lipinski definition) is 2. The Bertz CT molecular complexity index is 177. The van der Waals surface area contributed by atoms with Crippen molar-refractivity contribution in [3.63, 3.8) is 0 Å². The molecule has 0 amide bonds. The summed E-state index contributed by atoms with van der Waals surface area (Å²) in [6, 6.07) is 0.731. The molecule has 0 radical (unpaired) electrons. The maximum Gasteiger partial charge on any atom is 0.00928 e. The van der Waals surface area contributed by atoms with Crippen molar-refractivity contribution in [2.45, 2.75) is 46.6 Å². The first kappa shape index (κ1) is 12.0. The molecule has 14 heavy (non-hydrogen) atoms. The highest BCUT2D eigenvalue weighted by molar-refractivity contribution is 4.83. The SMILES string of the molecule is CC1CCCN(CC(C)(C)CN)C1C. The Morgan fingerprint density at radius 1 is 1.36 bits per heavy atom. The number of piperidine rings is 1. The van der Waals surface area contributed by atoms with Crippen molar-refractivity contribution in [2.24, 2.45) is 17.1 Å². The third-order valence-corrected chi connectivity index (χ3v) is 3.69. The van der Waals surface area contributed by atoms with Crippen LogP contribution in [0.5, 0.6) is 0 Å². The number of nitrogens with two attached hydrogens (primary N) is 1. The van der Waals surface area contributed by atoms with Gasteiger partial charge in [-0.05, 0) is 44.2 Å². The Balaban J connectivity index is 2.51. The Kier molecular flexibility index (Phi) is 3.96. The molecule has 2 atom stereocenters. The number of rotatable bonds is 3. The van der Waals surface area contributed by atoms with Gasteiger partial charge in [0.25, 0.3) is 0 Å². The van der Waals surface area contributed by atoms with Gasteiger partial charge in [0.05, 0.1) is 0 Å². The van der Waals surface area contributed by atoms with Crippen molar-refractivity contribution in [1.82, 2.24) is 4.90 Å². The molecule has 1 aliphatic heterocycles. The third-order valence-electron chi connectivity index (χ3n) is 3.69. The van der Waals surface area contributed by atoms with Gasteiger partial charge in [-0.3, -0.25) is 4.90 Å². The van der Waals surface area contributed by atoms with Crippen molar-refractivity contribution in [3.05, 3.63) is 0 Å². The van der Waals surface area contributed by atoms with Crippen LogP contribution < -0.4 is 5.73 Å². The molecule has 2 N–H and O–H groups in total. The molecule has 2 unspecified atom stereocenters. The van der Waals surface area contributed by atoms with E-state index in [1.165, 1.54) is 19.4 Å². The topological polar surface area (TPSA) is 29.3 Å². The Labute approximate surface area is 88.8 Å². The summed E-state index contributed by atoms with van der Waals surface area (Å²) in [5.41, 5.74) is 6.05. The van der Waals surface area contributed by atoms with Crippen LogP contribution in [0, 0.1) is 11.3 Å². The van der Waals surface area contributed by atoms with Crippen molar-refractivity contribution in [1.29, 1.82) is 0 Å². The minimum absolute atomic E-state index is 0.269. The van der Waals surface area contributed by atoms with Crippen LogP contribution in [-0.2, 0) is 0 Å². The van der Waals surface area contributed by atoms with Crippen molar-refractivity contribution in [3.8, 4) is 0 Å². The minimum Gasteiger partial charge on any atom is -0.330 e. The quantitative estimate of drug-likeness (QED) is 0.752. The number of nitrogens with zero attached hydrogens (tertiary/aromatic N) is 1.